The van der Waals surface area contributed by atoms with E-state index in [1.54, 1.807) is 0 Å². The van der Waals surface area contributed by atoms with Crippen LogP contribution in [0.5, 0.6) is 0 Å². The topological polar surface area (TPSA) is 17.8 Å². The van der Waals surface area contributed by atoms with Gasteiger partial charge >= 0.3 is 0 Å². The molecule has 2 heteroatoms. The zero-order valence-electron chi connectivity index (χ0n) is 8.17. The minimum atomic E-state index is 0.749. The fourth-order valence-electron chi connectivity index (χ4n) is 1.04. The van der Waals surface area contributed by atoms with Crippen LogP contribution < -0.4 is 0 Å². The summed E-state index contributed by atoms with van der Waals surface area (Å²) in [6, 6.07) is 0. The fourth-order valence-corrected chi connectivity index (χ4v) is 1.04. The molecule has 0 atom stereocenters. The Bertz CT molecular complexity index is 225. The molecule has 1 aromatic heterocycles. The number of rotatable bonds is 4. The summed E-state index contributed by atoms with van der Waals surface area (Å²) in [4.78, 5) is 0. The van der Waals surface area contributed by atoms with E-state index in [0.29, 0.717) is 0 Å². The zero-order valence-corrected chi connectivity index (χ0v) is 8.17. The zero-order chi connectivity index (χ0) is 8.97. The van der Waals surface area contributed by atoms with E-state index < -0.39 is 0 Å². The molecule has 0 saturated carbocycles. The van der Waals surface area contributed by atoms with E-state index in [1.807, 2.05) is 4.68 Å². The van der Waals surface area contributed by atoms with Gasteiger partial charge in [-0.2, -0.15) is 5.10 Å². The van der Waals surface area contributed by atoms with Gasteiger partial charge in [0, 0.05) is 12.7 Å². The minimum Gasteiger partial charge on any atom is -0.272 e. The molecule has 0 amide bonds. The van der Waals surface area contributed by atoms with Crippen molar-refractivity contribution in [2.24, 2.45) is 5.92 Å². The second-order valence-electron chi connectivity index (χ2n) is 3.57. The Morgan fingerprint density at radius 3 is 2.83 bits per heavy atom. The van der Waals surface area contributed by atoms with E-state index in [2.05, 4.69) is 38.3 Å². The average molecular weight is 165 g/mol. The largest absolute Gasteiger partial charge is 0.272 e. The summed E-state index contributed by atoms with van der Waals surface area (Å²) < 4.78 is 1.98. The molecule has 12 heavy (non-hydrogen) atoms. The Balaban J connectivity index is 2.41. The molecule has 0 aliphatic carbocycles. The predicted molar refractivity (Wildman–Crippen MR) is 49.9 cm³/mol. The molecular weight excluding hydrogens is 148 g/mol. The quantitative estimate of drug-likeness (QED) is 0.669. The van der Waals surface area contributed by atoms with Crippen molar-refractivity contribution >= 4 is 0 Å². The summed E-state index contributed by atoms with van der Waals surface area (Å²) in [7, 11) is 0. The lowest BCUT2D eigenvalue weighted by Gasteiger charge is -2.03. The van der Waals surface area contributed by atoms with E-state index in [-0.39, 0.29) is 0 Å². The van der Waals surface area contributed by atoms with Crippen LogP contribution in [0.15, 0.2) is 6.20 Å². The van der Waals surface area contributed by atoms with E-state index in [0.717, 1.165) is 18.9 Å². The van der Waals surface area contributed by atoms with Crippen molar-refractivity contribution < 1.29 is 0 Å². The van der Waals surface area contributed by atoms with Gasteiger partial charge in [0.2, 0.25) is 0 Å². The summed E-state index contributed by atoms with van der Waals surface area (Å²) in [5.74, 6) is 0.749. The molecule has 1 rings (SSSR count). The van der Waals surface area contributed by atoms with Gasteiger partial charge in [0.15, 0.2) is 0 Å². The summed E-state index contributed by atoms with van der Waals surface area (Å²) >= 11 is 0. The number of hydrogen-bond donors (Lipinski definition) is 0. The SMILES string of the molecule is CCc1[c]nn(CCC(C)C)c1. The predicted octanol–water partition coefficient (Wildman–Crippen LogP) is 2.29. The normalized spacial score (nSPS) is 11.0. The summed E-state index contributed by atoms with van der Waals surface area (Å²) in [5, 5.41) is 4.15. The van der Waals surface area contributed by atoms with Gasteiger partial charge in [-0.05, 0) is 24.3 Å². The molecule has 1 aromatic rings. The van der Waals surface area contributed by atoms with Gasteiger partial charge in [0.25, 0.3) is 0 Å². The van der Waals surface area contributed by atoms with Crippen molar-refractivity contribution in [3.05, 3.63) is 18.0 Å². The van der Waals surface area contributed by atoms with Crippen molar-refractivity contribution in [2.45, 2.75) is 40.2 Å². The van der Waals surface area contributed by atoms with Crippen LogP contribution in [-0.2, 0) is 13.0 Å². The molecule has 0 spiro atoms. The Morgan fingerprint density at radius 1 is 1.58 bits per heavy atom. The molecule has 0 unspecified atom stereocenters. The summed E-state index contributed by atoms with van der Waals surface area (Å²) in [5.41, 5.74) is 1.21. The standard InChI is InChI=1S/C10H17N2/c1-4-10-7-11-12(8-10)6-5-9(2)3/h8-9H,4-6H2,1-3H3. The van der Waals surface area contributed by atoms with Gasteiger partial charge < -0.3 is 0 Å². The highest BCUT2D eigenvalue weighted by molar-refractivity contribution is 5.00. The van der Waals surface area contributed by atoms with Crippen molar-refractivity contribution in [1.29, 1.82) is 0 Å². The lowest BCUT2D eigenvalue weighted by molar-refractivity contribution is 0.486. The van der Waals surface area contributed by atoms with Crippen LogP contribution in [0.3, 0.4) is 0 Å². The second kappa shape index (κ2) is 4.29. The number of aryl methyl sites for hydroxylation is 2. The molecule has 0 aliphatic heterocycles. The maximum absolute atomic E-state index is 4.15. The number of nitrogens with zero attached hydrogens (tertiary/aromatic N) is 2. The number of hydrogen-bond acceptors (Lipinski definition) is 1. The van der Waals surface area contributed by atoms with Gasteiger partial charge in [0.1, 0.15) is 6.20 Å². The second-order valence-corrected chi connectivity index (χ2v) is 3.57. The van der Waals surface area contributed by atoms with Crippen LogP contribution in [0.4, 0.5) is 0 Å². The highest BCUT2D eigenvalue weighted by atomic mass is 15.3. The van der Waals surface area contributed by atoms with E-state index in [9.17, 15) is 0 Å². The highest BCUT2D eigenvalue weighted by Crippen LogP contribution is 2.03. The molecule has 0 saturated heterocycles. The van der Waals surface area contributed by atoms with Crippen LogP contribution in [-0.4, -0.2) is 9.78 Å². The van der Waals surface area contributed by atoms with Gasteiger partial charge in [-0.15, -0.1) is 0 Å². The average Bonchev–Trinajstić information content (AvgIpc) is 2.48. The fraction of sp³-hybridized carbons (Fsp3) is 0.700. The maximum Gasteiger partial charge on any atom is 0.116 e. The molecule has 67 valence electrons. The van der Waals surface area contributed by atoms with Crippen LogP contribution in [0.1, 0.15) is 32.8 Å². The molecule has 0 fully saturated rings. The van der Waals surface area contributed by atoms with Gasteiger partial charge in [-0.1, -0.05) is 20.8 Å². The molecular formula is C10H17N2. The molecule has 0 N–H and O–H groups in total. The Labute approximate surface area is 74.6 Å². The van der Waals surface area contributed by atoms with E-state index in [4.69, 9.17) is 0 Å². The smallest absolute Gasteiger partial charge is 0.116 e. The van der Waals surface area contributed by atoms with Crippen molar-refractivity contribution in [2.75, 3.05) is 0 Å². The van der Waals surface area contributed by atoms with Gasteiger partial charge in [-0.3, -0.25) is 4.68 Å². The first-order chi connectivity index (χ1) is 5.72. The summed E-state index contributed by atoms with van der Waals surface area (Å²) in [6.07, 6.45) is 7.30. The van der Waals surface area contributed by atoms with E-state index in [1.165, 1.54) is 12.0 Å². The minimum absolute atomic E-state index is 0.749. The number of aromatic nitrogens is 2. The van der Waals surface area contributed by atoms with Crippen LogP contribution in [0, 0.1) is 12.1 Å². The lowest BCUT2D eigenvalue weighted by atomic mass is 10.1. The Hall–Kier alpha value is -0.790. The van der Waals surface area contributed by atoms with Crippen LogP contribution in [0.2, 0.25) is 0 Å². The third-order valence-corrected chi connectivity index (χ3v) is 1.94. The van der Waals surface area contributed by atoms with Gasteiger partial charge in [0.05, 0.1) is 0 Å². The molecule has 0 aliphatic rings. The first-order valence-corrected chi connectivity index (χ1v) is 4.66. The Kier molecular flexibility index (Phi) is 3.32. The molecule has 2 nitrogen and oxygen atoms in total. The van der Waals surface area contributed by atoms with Gasteiger partial charge in [-0.25, -0.2) is 0 Å². The van der Waals surface area contributed by atoms with Crippen LogP contribution in [0.25, 0.3) is 0 Å². The Morgan fingerprint density at radius 2 is 2.33 bits per heavy atom. The van der Waals surface area contributed by atoms with Crippen molar-refractivity contribution in [3.8, 4) is 0 Å². The molecule has 1 radical (unpaired) electrons. The first kappa shape index (κ1) is 9.30. The van der Waals surface area contributed by atoms with Crippen molar-refractivity contribution in [3.63, 3.8) is 0 Å². The highest BCUT2D eigenvalue weighted by Gasteiger charge is 1.98. The van der Waals surface area contributed by atoms with E-state index >= 15 is 0 Å². The lowest BCUT2D eigenvalue weighted by Crippen LogP contribution is -2.01. The van der Waals surface area contributed by atoms with Crippen LogP contribution >= 0.6 is 0 Å². The maximum atomic E-state index is 4.15. The first-order valence-electron chi connectivity index (χ1n) is 4.66. The molecule has 1 heterocycles. The summed E-state index contributed by atoms with van der Waals surface area (Å²) in [6.45, 7) is 7.61. The molecule has 0 bridgehead atoms. The molecule has 0 aromatic carbocycles. The third-order valence-electron chi connectivity index (χ3n) is 1.94. The van der Waals surface area contributed by atoms with Crippen molar-refractivity contribution in [1.82, 2.24) is 9.78 Å². The third kappa shape index (κ3) is 2.68. The monoisotopic (exact) mass is 165 g/mol.